The van der Waals surface area contributed by atoms with Crippen LogP contribution in [-0.2, 0) is 6.54 Å². The van der Waals surface area contributed by atoms with Crippen LogP contribution in [0.15, 0.2) is 36.8 Å². The van der Waals surface area contributed by atoms with Crippen LogP contribution in [0, 0.1) is 0 Å². The molecule has 1 aromatic heterocycles. The molecule has 4 nitrogen and oxygen atoms in total. The smallest absolute Gasteiger partial charge is 0.125 e. The van der Waals surface area contributed by atoms with Crippen LogP contribution in [-0.4, -0.2) is 21.8 Å². The third-order valence-electron chi connectivity index (χ3n) is 2.80. The maximum Gasteiger partial charge on any atom is 0.125 e. The third kappa shape index (κ3) is 2.17. The van der Waals surface area contributed by atoms with Gasteiger partial charge in [0.25, 0.3) is 0 Å². The Labute approximate surface area is 100 Å². The van der Waals surface area contributed by atoms with E-state index >= 15 is 0 Å². The molecule has 1 atom stereocenters. The van der Waals surface area contributed by atoms with Crippen molar-refractivity contribution < 1.29 is 9.84 Å². The second-order valence-corrected chi connectivity index (χ2v) is 3.75. The van der Waals surface area contributed by atoms with E-state index in [1.807, 2.05) is 35.8 Å². The van der Waals surface area contributed by atoms with Crippen molar-refractivity contribution >= 4 is 0 Å². The molecule has 17 heavy (non-hydrogen) atoms. The normalized spacial score (nSPS) is 12.4. The molecule has 0 bridgehead atoms. The molecule has 0 saturated heterocycles. The standard InChI is InChI=1S/C13H16N2O2/c1-3-15-9-14-8-11(15)13(16)10-6-4-5-7-12(10)17-2/h4-9,13,16H,3H2,1-2H3. The van der Waals surface area contributed by atoms with Crippen LogP contribution >= 0.6 is 0 Å². The zero-order valence-corrected chi connectivity index (χ0v) is 10.00. The van der Waals surface area contributed by atoms with Crippen molar-refractivity contribution in [3.63, 3.8) is 0 Å². The van der Waals surface area contributed by atoms with E-state index in [1.165, 1.54) is 0 Å². The Morgan fingerprint density at radius 2 is 2.18 bits per heavy atom. The Morgan fingerprint density at radius 3 is 2.88 bits per heavy atom. The highest BCUT2D eigenvalue weighted by Gasteiger charge is 2.18. The van der Waals surface area contributed by atoms with Crippen molar-refractivity contribution in [3.05, 3.63) is 48.0 Å². The van der Waals surface area contributed by atoms with E-state index in [0.29, 0.717) is 5.75 Å². The third-order valence-corrected chi connectivity index (χ3v) is 2.80. The van der Waals surface area contributed by atoms with Crippen molar-refractivity contribution in [1.82, 2.24) is 9.55 Å². The highest BCUT2D eigenvalue weighted by Crippen LogP contribution is 2.29. The maximum absolute atomic E-state index is 10.4. The van der Waals surface area contributed by atoms with Crippen molar-refractivity contribution in [2.24, 2.45) is 0 Å². The number of hydrogen-bond donors (Lipinski definition) is 1. The highest BCUT2D eigenvalue weighted by molar-refractivity contribution is 5.38. The number of aliphatic hydroxyl groups excluding tert-OH is 1. The van der Waals surface area contributed by atoms with E-state index in [9.17, 15) is 5.11 Å². The summed E-state index contributed by atoms with van der Waals surface area (Å²) in [6.45, 7) is 2.79. The van der Waals surface area contributed by atoms with Gasteiger partial charge in [0, 0.05) is 12.1 Å². The van der Waals surface area contributed by atoms with E-state index in [1.54, 1.807) is 19.6 Å². The first-order valence-electron chi connectivity index (χ1n) is 5.59. The summed E-state index contributed by atoms with van der Waals surface area (Å²) in [5.41, 5.74) is 1.53. The number of nitrogens with zero attached hydrogens (tertiary/aromatic N) is 2. The number of ether oxygens (including phenoxy) is 1. The molecule has 0 radical (unpaired) electrons. The van der Waals surface area contributed by atoms with Gasteiger partial charge in [-0.15, -0.1) is 0 Å². The zero-order chi connectivity index (χ0) is 12.3. The van der Waals surface area contributed by atoms with Gasteiger partial charge >= 0.3 is 0 Å². The molecule has 2 rings (SSSR count). The first kappa shape index (κ1) is 11.7. The second kappa shape index (κ2) is 5.01. The van der Waals surface area contributed by atoms with Crippen LogP contribution in [0.5, 0.6) is 5.75 Å². The molecule has 1 heterocycles. The first-order chi connectivity index (χ1) is 8.27. The summed E-state index contributed by atoms with van der Waals surface area (Å²) in [7, 11) is 1.60. The summed E-state index contributed by atoms with van der Waals surface area (Å²) in [5.74, 6) is 0.684. The average Bonchev–Trinajstić information content (AvgIpc) is 2.86. The topological polar surface area (TPSA) is 47.3 Å². The van der Waals surface area contributed by atoms with Gasteiger partial charge < -0.3 is 14.4 Å². The van der Waals surface area contributed by atoms with Crippen LogP contribution < -0.4 is 4.74 Å². The quantitative estimate of drug-likeness (QED) is 0.877. The lowest BCUT2D eigenvalue weighted by molar-refractivity contribution is 0.205. The summed E-state index contributed by atoms with van der Waals surface area (Å²) in [6, 6.07) is 7.46. The highest BCUT2D eigenvalue weighted by atomic mass is 16.5. The Kier molecular flexibility index (Phi) is 3.44. The molecule has 0 aliphatic rings. The van der Waals surface area contributed by atoms with Crippen LogP contribution in [0.3, 0.4) is 0 Å². The predicted octanol–water partition coefficient (Wildman–Crippen LogP) is 1.99. The summed E-state index contributed by atoms with van der Waals surface area (Å²) in [5, 5.41) is 10.4. The number of hydrogen-bond acceptors (Lipinski definition) is 3. The number of aryl methyl sites for hydroxylation is 1. The summed E-state index contributed by atoms with van der Waals surface area (Å²) >= 11 is 0. The van der Waals surface area contributed by atoms with Crippen molar-refractivity contribution in [2.45, 2.75) is 19.6 Å². The molecule has 4 heteroatoms. The number of methoxy groups -OCH3 is 1. The van der Waals surface area contributed by atoms with E-state index in [-0.39, 0.29) is 0 Å². The number of rotatable bonds is 4. The minimum atomic E-state index is -0.714. The Balaban J connectivity index is 2.40. The van der Waals surface area contributed by atoms with Crippen LogP contribution in [0.25, 0.3) is 0 Å². The minimum absolute atomic E-state index is 0.684. The number of aliphatic hydroxyl groups is 1. The molecule has 0 aliphatic heterocycles. The summed E-state index contributed by atoms with van der Waals surface area (Å²) < 4.78 is 7.16. The molecule has 1 unspecified atom stereocenters. The molecule has 1 N–H and O–H groups in total. The molecule has 1 aromatic carbocycles. The van der Waals surface area contributed by atoms with Crippen molar-refractivity contribution in [2.75, 3.05) is 7.11 Å². The monoisotopic (exact) mass is 232 g/mol. The maximum atomic E-state index is 10.4. The number of aromatic nitrogens is 2. The van der Waals surface area contributed by atoms with Crippen LogP contribution in [0.4, 0.5) is 0 Å². The number of para-hydroxylation sites is 1. The van der Waals surface area contributed by atoms with Gasteiger partial charge in [-0.05, 0) is 13.0 Å². The second-order valence-electron chi connectivity index (χ2n) is 3.75. The minimum Gasteiger partial charge on any atom is -0.496 e. The molecule has 0 saturated carbocycles. The molecule has 0 amide bonds. The Morgan fingerprint density at radius 1 is 1.41 bits per heavy atom. The van der Waals surface area contributed by atoms with Gasteiger partial charge in [0.1, 0.15) is 11.9 Å². The Bertz CT molecular complexity index is 494. The summed E-state index contributed by atoms with van der Waals surface area (Å²) in [6.07, 6.45) is 2.68. The van der Waals surface area contributed by atoms with Gasteiger partial charge in [-0.2, -0.15) is 0 Å². The molecular formula is C13H16N2O2. The van der Waals surface area contributed by atoms with Crippen LogP contribution in [0.2, 0.25) is 0 Å². The molecule has 0 aliphatic carbocycles. The molecule has 0 spiro atoms. The number of benzene rings is 1. The average molecular weight is 232 g/mol. The Hall–Kier alpha value is -1.81. The van der Waals surface area contributed by atoms with Crippen LogP contribution in [0.1, 0.15) is 24.3 Å². The lowest BCUT2D eigenvalue weighted by Crippen LogP contribution is -2.08. The van der Waals surface area contributed by atoms with Gasteiger partial charge in [0.2, 0.25) is 0 Å². The van der Waals surface area contributed by atoms with E-state index < -0.39 is 6.10 Å². The lowest BCUT2D eigenvalue weighted by Gasteiger charge is -2.15. The fourth-order valence-corrected chi connectivity index (χ4v) is 1.87. The van der Waals surface area contributed by atoms with Crippen molar-refractivity contribution in [1.29, 1.82) is 0 Å². The van der Waals surface area contributed by atoms with E-state index in [2.05, 4.69) is 4.98 Å². The van der Waals surface area contributed by atoms with E-state index in [4.69, 9.17) is 4.74 Å². The van der Waals surface area contributed by atoms with Crippen molar-refractivity contribution in [3.8, 4) is 5.75 Å². The molecule has 90 valence electrons. The van der Waals surface area contributed by atoms with Gasteiger partial charge in [-0.25, -0.2) is 4.98 Å². The number of imidazole rings is 1. The van der Waals surface area contributed by atoms with Gasteiger partial charge in [-0.1, -0.05) is 18.2 Å². The largest absolute Gasteiger partial charge is 0.496 e. The SMILES string of the molecule is CCn1cncc1C(O)c1ccccc1OC. The van der Waals surface area contributed by atoms with Gasteiger partial charge in [0.05, 0.1) is 25.3 Å². The molecular weight excluding hydrogens is 216 g/mol. The fourth-order valence-electron chi connectivity index (χ4n) is 1.87. The van der Waals surface area contributed by atoms with Gasteiger partial charge in [0.15, 0.2) is 0 Å². The van der Waals surface area contributed by atoms with E-state index in [0.717, 1.165) is 17.8 Å². The first-order valence-corrected chi connectivity index (χ1v) is 5.59. The fraction of sp³-hybridized carbons (Fsp3) is 0.308. The molecule has 2 aromatic rings. The lowest BCUT2D eigenvalue weighted by atomic mass is 10.1. The molecule has 0 fully saturated rings. The summed E-state index contributed by atoms with van der Waals surface area (Å²) in [4.78, 5) is 4.06. The predicted molar refractivity (Wildman–Crippen MR) is 65.0 cm³/mol. The zero-order valence-electron chi connectivity index (χ0n) is 10.00. The van der Waals surface area contributed by atoms with Gasteiger partial charge in [-0.3, -0.25) is 0 Å².